The van der Waals surface area contributed by atoms with Gasteiger partial charge in [0.15, 0.2) is 6.10 Å². The van der Waals surface area contributed by atoms with Gasteiger partial charge in [-0.05, 0) is 141 Å². The molecule has 0 heterocycles. The Morgan fingerprint density at radius 1 is 0.345 bits per heavy atom. The average molecular weight is 1220 g/mol. The van der Waals surface area contributed by atoms with Gasteiger partial charge in [-0.2, -0.15) is 0 Å². The van der Waals surface area contributed by atoms with Crippen LogP contribution in [0.5, 0.6) is 0 Å². The molecule has 3 N–H and O–H groups in total. The van der Waals surface area contributed by atoms with Gasteiger partial charge in [-0.3, -0.25) is 18.6 Å². The van der Waals surface area contributed by atoms with E-state index in [1.165, 1.54) is 51.4 Å². The minimum atomic E-state index is -4.42. The van der Waals surface area contributed by atoms with E-state index in [0.29, 0.717) is 19.3 Å². The number of nitrogens with two attached hydrogens (primary N) is 1. The maximum Gasteiger partial charge on any atom is 0.472 e. The van der Waals surface area contributed by atoms with Crippen molar-refractivity contribution in [3.05, 3.63) is 207 Å². The van der Waals surface area contributed by atoms with E-state index >= 15 is 0 Å². The number of hydrogen-bond donors (Lipinski definition) is 2. The zero-order valence-electron chi connectivity index (χ0n) is 54.4. The lowest BCUT2D eigenvalue weighted by Crippen LogP contribution is -2.29. The Morgan fingerprint density at radius 3 is 0.920 bits per heavy atom. The van der Waals surface area contributed by atoms with Crippen molar-refractivity contribution in [1.29, 1.82) is 0 Å². The van der Waals surface area contributed by atoms with Crippen LogP contribution >= 0.6 is 7.82 Å². The van der Waals surface area contributed by atoms with Gasteiger partial charge in [-0.1, -0.05) is 285 Å². The number of hydrogen-bond acceptors (Lipinski definition) is 8. The largest absolute Gasteiger partial charge is 0.472 e. The number of esters is 2. The lowest BCUT2D eigenvalue weighted by Gasteiger charge is -2.19. The molecular weight excluding hydrogens is 1100 g/mol. The summed E-state index contributed by atoms with van der Waals surface area (Å²) < 4.78 is 33.1. The van der Waals surface area contributed by atoms with Gasteiger partial charge in [0.2, 0.25) is 0 Å². The van der Waals surface area contributed by atoms with E-state index in [9.17, 15) is 19.0 Å². The Labute approximate surface area is 531 Å². The van der Waals surface area contributed by atoms with Crippen LogP contribution in [0.1, 0.15) is 232 Å². The normalized spacial score (nSPS) is 14.3. The van der Waals surface area contributed by atoms with Crippen LogP contribution in [0.15, 0.2) is 207 Å². The van der Waals surface area contributed by atoms with Crippen LogP contribution in [-0.2, 0) is 32.7 Å². The van der Waals surface area contributed by atoms with Gasteiger partial charge in [0.25, 0.3) is 0 Å². The topological polar surface area (TPSA) is 134 Å². The molecule has 0 aliphatic rings. The van der Waals surface area contributed by atoms with Crippen LogP contribution in [0.2, 0.25) is 0 Å². The molecule has 0 spiro atoms. The first-order valence-electron chi connectivity index (χ1n) is 33.6. The van der Waals surface area contributed by atoms with Gasteiger partial charge >= 0.3 is 19.8 Å². The third-order valence-corrected chi connectivity index (χ3v) is 14.1. The minimum absolute atomic E-state index is 0.0329. The average Bonchev–Trinajstić information content (AvgIpc) is 3.63. The first-order valence-corrected chi connectivity index (χ1v) is 35.1. The molecule has 0 aliphatic heterocycles. The summed E-state index contributed by atoms with van der Waals surface area (Å²) in [6, 6.07) is 0. The van der Waals surface area contributed by atoms with Crippen LogP contribution in [0, 0.1) is 0 Å². The fraction of sp³-hybridized carbons (Fsp3) is 0.532. The molecular formula is C77H120NO8P. The molecule has 0 aromatic rings. The predicted molar refractivity (Wildman–Crippen MR) is 375 cm³/mol. The van der Waals surface area contributed by atoms with Gasteiger partial charge in [0, 0.05) is 19.4 Å². The maximum atomic E-state index is 12.7. The number of carbonyl (C=O) groups excluding carboxylic acids is 2. The molecule has 2 unspecified atom stereocenters. The van der Waals surface area contributed by atoms with Crippen molar-refractivity contribution in [1.82, 2.24) is 0 Å². The van der Waals surface area contributed by atoms with Gasteiger partial charge < -0.3 is 20.1 Å². The van der Waals surface area contributed by atoms with Gasteiger partial charge in [0.05, 0.1) is 13.2 Å². The molecule has 0 fully saturated rings. The summed E-state index contributed by atoms with van der Waals surface area (Å²) >= 11 is 0. The summed E-state index contributed by atoms with van der Waals surface area (Å²) in [7, 11) is -4.42. The Morgan fingerprint density at radius 2 is 0.609 bits per heavy atom. The van der Waals surface area contributed by atoms with E-state index in [-0.39, 0.29) is 32.6 Å². The molecule has 0 aromatic heterocycles. The van der Waals surface area contributed by atoms with Crippen LogP contribution in [-0.4, -0.2) is 49.3 Å². The van der Waals surface area contributed by atoms with E-state index in [2.05, 4.69) is 214 Å². The Kier molecular flexibility index (Phi) is 65.4. The van der Waals surface area contributed by atoms with Crippen molar-refractivity contribution in [3.63, 3.8) is 0 Å². The summed E-state index contributed by atoms with van der Waals surface area (Å²) in [6.45, 7) is 3.42. The molecule has 0 radical (unpaired) electrons. The summed E-state index contributed by atoms with van der Waals surface area (Å²) in [5.41, 5.74) is 5.39. The summed E-state index contributed by atoms with van der Waals surface area (Å²) in [5.74, 6) is -0.915. The van der Waals surface area contributed by atoms with E-state index in [0.717, 1.165) is 135 Å². The van der Waals surface area contributed by atoms with Gasteiger partial charge in [-0.25, -0.2) is 4.57 Å². The molecule has 0 rings (SSSR count). The van der Waals surface area contributed by atoms with E-state index in [1.807, 2.05) is 6.08 Å². The quantitative estimate of drug-likeness (QED) is 0.0264. The number of carbonyl (C=O) groups is 2. The predicted octanol–water partition coefficient (Wildman–Crippen LogP) is 22.3. The highest BCUT2D eigenvalue weighted by atomic mass is 31.2. The van der Waals surface area contributed by atoms with Crippen molar-refractivity contribution in [3.8, 4) is 0 Å². The molecule has 0 saturated carbocycles. The molecule has 0 aromatic carbocycles. The second-order valence-corrected chi connectivity index (χ2v) is 22.7. The van der Waals surface area contributed by atoms with Crippen molar-refractivity contribution < 1.29 is 37.6 Å². The van der Waals surface area contributed by atoms with Crippen LogP contribution in [0.4, 0.5) is 0 Å². The summed E-state index contributed by atoms with van der Waals surface area (Å²) in [4.78, 5) is 35.3. The first-order chi connectivity index (χ1) is 42.8. The molecule has 2 atom stereocenters. The highest BCUT2D eigenvalue weighted by molar-refractivity contribution is 7.47. The molecule has 87 heavy (non-hydrogen) atoms. The van der Waals surface area contributed by atoms with Crippen LogP contribution in [0.25, 0.3) is 0 Å². The van der Waals surface area contributed by atoms with E-state index < -0.39 is 32.5 Å². The molecule has 0 bridgehead atoms. The minimum Gasteiger partial charge on any atom is -0.462 e. The molecule has 0 saturated heterocycles. The number of phosphoric acid groups is 1. The first kappa shape index (κ1) is 81.6. The standard InChI is InChI=1S/C77H120NO8P/c1-3-5-7-9-11-13-15-17-19-21-23-25-27-29-31-33-34-35-36-37-38-39-40-42-43-45-47-49-51-53-55-57-59-61-63-65-67-69-76(79)83-73-75(74-85-87(81,82)84-72-71-78)86-77(80)70-68-66-64-62-60-58-56-54-52-50-48-46-44-41-32-30-28-26-24-22-20-18-16-14-12-10-8-6-4-2/h5-8,11-14,17-20,23-26,29-32,34-35,37-38,40,42,44,46,50,52,56,58,62,64,75H,3-4,9-10,15-16,21-22,27-28,33,36,39,41,43,45,47-49,51,53-55,57,59-61,63,65-74,78H2,1-2H3,(H,81,82)/b7-5-,8-6-,13-11-,14-12-,19-17-,20-18-,25-23-,26-24-,31-29-,32-30-,35-34-,38-37-,42-40-,46-44-,52-50-,58-56-,64-62-. The third-order valence-electron chi connectivity index (χ3n) is 13.2. The van der Waals surface area contributed by atoms with E-state index in [4.69, 9.17) is 24.3 Å². The number of allylic oxidation sites excluding steroid dienone is 34. The highest BCUT2D eigenvalue weighted by Gasteiger charge is 2.26. The number of phosphoric ester groups is 1. The fourth-order valence-corrected chi connectivity index (χ4v) is 9.06. The Bertz CT molecular complexity index is 2180. The smallest absolute Gasteiger partial charge is 0.462 e. The molecule has 10 heteroatoms. The zero-order valence-corrected chi connectivity index (χ0v) is 55.3. The van der Waals surface area contributed by atoms with Crippen molar-refractivity contribution in [2.75, 3.05) is 26.4 Å². The second kappa shape index (κ2) is 69.7. The lowest BCUT2D eigenvalue weighted by molar-refractivity contribution is -0.161. The molecule has 0 amide bonds. The molecule has 0 aliphatic carbocycles. The van der Waals surface area contributed by atoms with Gasteiger partial charge in [0.1, 0.15) is 6.61 Å². The summed E-state index contributed by atoms with van der Waals surface area (Å²) in [5, 5.41) is 0. The van der Waals surface area contributed by atoms with E-state index in [1.54, 1.807) is 0 Å². The maximum absolute atomic E-state index is 12.7. The Hall–Kier alpha value is -5.41. The molecule has 9 nitrogen and oxygen atoms in total. The van der Waals surface area contributed by atoms with Crippen molar-refractivity contribution in [2.24, 2.45) is 5.73 Å². The van der Waals surface area contributed by atoms with Crippen molar-refractivity contribution >= 4 is 19.8 Å². The fourth-order valence-electron chi connectivity index (χ4n) is 8.30. The lowest BCUT2D eigenvalue weighted by atomic mass is 10.0. The van der Waals surface area contributed by atoms with Gasteiger partial charge in [-0.15, -0.1) is 0 Å². The van der Waals surface area contributed by atoms with Crippen molar-refractivity contribution in [2.45, 2.75) is 238 Å². The second-order valence-electron chi connectivity index (χ2n) is 21.2. The third kappa shape index (κ3) is 69.6. The SMILES string of the molecule is CC/C=C\C/C=C\C/C=C\C/C=C\C/C=C\C/C=C\C/C=C\C/C=C\C/C=C\CCCC(=O)OC(COC(=O)CCCCCCCCCCCCCC/C=C\C/C=C\C/C=C\C/C=C\C/C=C\C/C=C\C/C=C\C/C=C\CC)COP(=O)(O)OCCN. The summed E-state index contributed by atoms with van der Waals surface area (Å²) in [6.07, 6.45) is 108. The van der Waals surface area contributed by atoms with Crippen LogP contribution < -0.4 is 5.73 Å². The van der Waals surface area contributed by atoms with Crippen LogP contribution in [0.3, 0.4) is 0 Å². The molecule has 486 valence electrons. The highest BCUT2D eigenvalue weighted by Crippen LogP contribution is 2.43. The monoisotopic (exact) mass is 1220 g/mol. The number of rotatable bonds is 60. The number of ether oxygens (including phenoxy) is 2. The number of unbranched alkanes of at least 4 members (excludes halogenated alkanes) is 13. The zero-order chi connectivity index (χ0) is 63.0. The Balaban J connectivity index is 4.06.